The van der Waals surface area contributed by atoms with Crippen LogP contribution in [0.2, 0.25) is 0 Å². The fourth-order valence-electron chi connectivity index (χ4n) is 3.15. The molecular weight excluding hydrogens is 214 g/mol. The standard InChI is InChI=1S/C14H17NO2/c16-13(17)9-10-7-11-3-1-5-15-6-2-4-12(8-10)14(11)15/h7-8H,1-6,9H2,(H,16,17). The number of aliphatic carboxylic acids is 1. The molecule has 1 aromatic carbocycles. The first kappa shape index (κ1) is 10.6. The van der Waals surface area contributed by atoms with Crippen molar-refractivity contribution in [2.24, 2.45) is 0 Å². The Balaban J connectivity index is 2.05. The maximum absolute atomic E-state index is 10.8. The van der Waals surface area contributed by atoms with E-state index in [1.807, 2.05) is 0 Å². The highest BCUT2D eigenvalue weighted by Crippen LogP contribution is 2.36. The molecule has 0 aliphatic carbocycles. The van der Waals surface area contributed by atoms with Gasteiger partial charge in [-0.25, -0.2) is 0 Å². The summed E-state index contributed by atoms with van der Waals surface area (Å²) >= 11 is 0. The normalized spacial score (nSPS) is 17.8. The SMILES string of the molecule is O=C(O)Cc1cc2c3c(c1)CCCN3CCC2. The second kappa shape index (κ2) is 4.06. The van der Waals surface area contributed by atoms with E-state index in [0.717, 1.165) is 31.5 Å². The van der Waals surface area contributed by atoms with Crippen LogP contribution in [0.3, 0.4) is 0 Å². The van der Waals surface area contributed by atoms with E-state index in [9.17, 15) is 4.79 Å². The molecule has 1 N–H and O–H groups in total. The van der Waals surface area contributed by atoms with Gasteiger partial charge in [-0.1, -0.05) is 12.1 Å². The first-order valence-corrected chi connectivity index (χ1v) is 6.35. The molecule has 2 aliphatic rings. The molecule has 0 atom stereocenters. The Hall–Kier alpha value is -1.51. The third-order valence-corrected chi connectivity index (χ3v) is 3.75. The van der Waals surface area contributed by atoms with Crippen LogP contribution in [0.1, 0.15) is 29.5 Å². The molecule has 0 radical (unpaired) electrons. The van der Waals surface area contributed by atoms with Crippen LogP contribution in [0.15, 0.2) is 12.1 Å². The highest BCUT2D eigenvalue weighted by atomic mass is 16.4. The Morgan fingerprint density at radius 2 is 1.76 bits per heavy atom. The van der Waals surface area contributed by atoms with Crippen LogP contribution in [0, 0.1) is 0 Å². The quantitative estimate of drug-likeness (QED) is 0.846. The molecule has 0 spiro atoms. The molecule has 0 aromatic heterocycles. The van der Waals surface area contributed by atoms with Gasteiger partial charge in [0.05, 0.1) is 6.42 Å². The van der Waals surface area contributed by atoms with E-state index in [0.29, 0.717) is 0 Å². The minimum atomic E-state index is -0.736. The molecule has 0 amide bonds. The number of nitrogens with zero attached hydrogens (tertiary/aromatic N) is 1. The summed E-state index contributed by atoms with van der Waals surface area (Å²) in [4.78, 5) is 13.3. The summed E-state index contributed by atoms with van der Waals surface area (Å²) in [5.41, 5.74) is 5.11. The van der Waals surface area contributed by atoms with Crippen molar-refractivity contribution in [1.82, 2.24) is 0 Å². The number of hydrogen-bond donors (Lipinski definition) is 1. The van der Waals surface area contributed by atoms with Gasteiger partial charge in [0.1, 0.15) is 0 Å². The maximum Gasteiger partial charge on any atom is 0.307 e. The predicted molar refractivity (Wildman–Crippen MR) is 66.6 cm³/mol. The molecule has 2 heterocycles. The fraction of sp³-hybridized carbons (Fsp3) is 0.500. The largest absolute Gasteiger partial charge is 0.481 e. The molecule has 0 saturated carbocycles. The van der Waals surface area contributed by atoms with Crippen molar-refractivity contribution in [3.63, 3.8) is 0 Å². The molecule has 2 aliphatic heterocycles. The molecule has 0 fully saturated rings. The molecule has 0 saturated heterocycles. The van der Waals surface area contributed by atoms with E-state index in [4.69, 9.17) is 5.11 Å². The highest BCUT2D eigenvalue weighted by molar-refractivity contribution is 5.72. The number of carbonyl (C=O) groups is 1. The van der Waals surface area contributed by atoms with E-state index in [1.54, 1.807) is 0 Å². The van der Waals surface area contributed by atoms with Gasteiger partial charge in [0, 0.05) is 18.8 Å². The van der Waals surface area contributed by atoms with Crippen molar-refractivity contribution < 1.29 is 9.90 Å². The summed E-state index contributed by atoms with van der Waals surface area (Å²) in [6, 6.07) is 4.20. The van der Waals surface area contributed by atoms with Gasteiger partial charge in [-0.3, -0.25) is 4.79 Å². The molecule has 0 unspecified atom stereocenters. The lowest BCUT2D eigenvalue weighted by atomic mass is 9.89. The van der Waals surface area contributed by atoms with Crippen LogP contribution < -0.4 is 4.90 Å². The van der Waals surface area contributed by atoms with E-state index < -0.39 is 5.97 Å². The number of hydrogen-bond acceptors (Lipinski definition) is 2. The number of benzene rings is 1. The lowest BCUT2D eigenvalue weighted by Gasteiger charge is -2.37. The molecule has 3 nitrogen and oxygen atoms in total. The summed E-state index contributed by atoms with van der Waals surface area (Å²) in [5, 5.41) is 8.89. The number of carboxylic acids is 1. The molecular formula is C14H17NO2. The Kier molecular flexibility index (Phi) is 2.54. The van der Waals surface area contributed by atoms with Crippen molar-refractivity contribution in [3.8, 4) is 0 Å². The van der Waals surface area contributed by atoms with Gasteiger partial charge in [-0.2, -0.15) is 0 Å². The molecule has 0 bridgehead atoms. The number of carboxylic acid groups (broad SMARTS) is 1. The first-order chi connectivity index (χ1) is 8.24. The van der Waals surface area contributed by atoms with Gasteiger partial charge >= 0.3 is 5.97 Å². The Bertz CT molecular complexity index is 436. The third kappa shape index (κ3) is 1.90. The molecule has 17 heavy (non-hydrogen) atoms. The van der Waals surface area contributed by atoms with E-state index in [1.165, 1.54) is 29.7 Å². The Labute approximate surface area is 101 Å². The summed E-state index contributed by atoms with van der Waals surface area (Å²) < 4.78 is 0. The molecule has 90 valence electrons. The zero-order chi connectivity index (χ0) is 11.8. The minimum absolute atomic E-state index is 0.153. The van der Waals surface area contributed by atoms with Gasteiger partial charge in [0.15, 0.2) is 0 Å². The monoisotopic (exact) mass is 231 g/mol. The van der Waals surface area contributed by atoms with Crippen LogP contribution in [0.25, 0.3) is 0 Å². The van der Waals surface area contributed by atoms with Crippen LogP contribution >= 0.6 is 0 Å². The average molecular weight is 231 g/mol. The molecule has 3 rings (SSSR count). The molecule has 3 heteroatoms. The average Bonchev–Trinajstić information content (AvgIpc) is 2.28. The van der Waals surface area contributed by atoms with Crippen LogP contribution in [-0.4, -0.2) is 24.2 Å². The lowest BCUT2D eigenvalue weighted by molar-refractivity contribution is -0.136. The topological polar surface area (TPSA) is 40.5 Å². The van der Waals surface area contributed by atoms with Crippen molar-refractivity contribution in [2.45, 2.75) is 32.1 Å². The second-order valence-electron chi connectivity index (χ2n) is 5.03. The number of anilines is 1. The summed E-state index contributed by atoms with van der Waals surface area (Å²) in [6.07, 6.45) is 4.75. The Morgan fingerprint density at radius 3 is 2.29 bits per heavy atom. The first-order valence-electron chi connectivity index (χ1n) is 6.35. The maximum atomic E-state index is 10.8. The van der Waals surface area contributed by atoms with Gasteiger partial charge in [-0.05, 0) is 42.4 Å². The van der Waals surface area contributed by atoms with Crippen molar-refractivity contribution in [3.05, 3.63) is 28.8 Å². The zero-order valence-corrected chi connectivity index (χ0v) is 9.91. The number of rotatable bonds is 2. The predicted octanol–water partition coefficient (Wildman–Crippen LogP) is 2.01. The van der Waals surface area contributed by atoms with Crippen LogP contribution in [0.5, 0.6) is 0 Å². The van der Waals surface area contributed by atoms with Crippen LogP contribution in [-0.2, 0) is 24.1 Å². The van der Waals surface area contributed by atoms with Gasteiger partial charge < -0.3 is 10.0 Å². The van der Waals surface area contributed by atoms with Gasteiger partial charge in [0.2, 0.25) is 0 Å². The smallest absolute Gasteiger partial charge is 0.307 e. The zero-order valence-electron chi connectivity index (χ0n) is 9.91. The number of aryl methyl sites for hydroxylation is 2. The van der Waals surface area contributed by atoms with Crippen molar-refractivity contribution in [1.29, 1.82) is 0 Å². The van der Waals surface area contributed by atoms with E-state index >= 15 is 0 Å². The van der Waals surface area contributed by atoms with Crippen molar-refractivity contribution in [2.75, 3.05) is 18.0 Å². The van der Waals surface area contributed by atoms with Gasteiger partial charge in [0.25, 0.3) is 0 Å². The van der Waals surface area contributed by atoms with Crippen molar-refractivity contribution >= 4 is 11.7 Å². The van der Waals surface area contributed by atoms with Gasteiger partial charge in [-0.15, -0.1) is 0 Å². The lowest BCUT2D eigenvalue weighted by Crippen LogP contribution is -2.34. The summed E-state index contributed by atoms with van der Waals surface area (Å²) in [5.74, 6) is -0.736. The summed E-state index contributed by atoms with van der Waals surface area (Å²) in [7, 11) is 0. The Morgan fingerprint density at radius 1 is 1.18 bits per heavy atom. The highest BCUT2D eigenvalue weighted by Gasteiger charge is 2.24. The van der Waals surface area contributed by atoms with E-state index in [-0.39, 0.29) is 6.42 Å². The minimum Gasteiger partial charge on any atom is -0.481 e. The third-order valence-electron chi connectivity index (χ3n) is 3.75. The molecule has 1 aromatic rings. The summed E-state index contributed by atoms with van der Waals surface area (Å²) in [6.45, 7) is 2.33. The second-order valence-corrected chi connectivity index (χ2v) is 5.03. The van der Waals surface area contributed by atoms with Crippen LogP contribution in [0.4, 0.5) is 5.69 Å². The van der Waals surface area contributed by atoms with E-state index in [2.05, 4.69) is 17.0 Å². The fourth-order valence-corrected chi connectivity index (χ4v) is 3.15.